The topological polar surface area (TPSA) is 87.3 Å². The van der Waals surface area contributed by atoms with Crippen LogP contribution in [0.15, 0.2) is 34.9 Å². The van der Waals surface area contributed by atoms with Crippen molar-refractivity contribution in [3.8, 4) is 0 Å². The van der Waals surface area contributed by atoms with Crippen LogP contribution in [0.5, 0.6) is 0 Å². The number of imidazole rings is 1. The van der Waals surface area contributed by atoms with Crippen LogP contribution in [0.1, 0.15) is 77.5 Å². The molecule has 0 saturated carbocycles. The number of carbonyl (C=O) groups is 2. The van der Waals surface area contributed by atoms with E-state index in [1.807, 2.05) is 44.0 Å². The van der Waals surface area contributed by atoms with Crippen molar-refractivity contribution in [3.63, 3.8) is 0 Å². The Morgan fingerprint density at radius 3 is 2.48 bits per heavy atom. The van der Waals surface area contributed by atoms with E-state index >= 15 is 0 Å². The molecule has 1 aromatic carbocycles. The van der Waals surface area contributed by atoms with Crippen molar-refractivity contribution < 1.29 is 14.3 Å². The number of carbonyl (C=O) groups excluding carboxylic acids is 2. The number of H-pyrrole nitrogens is 1. The summed E-state index contributed by atoms with van der Waals surface area (Å²) >= 11 is 3.46. The second-order valence-electron chi connectivity index (χ2n) is 10.7. The Morgan fingerprint density at radius 1 is 1.21 bits per heavy atom. The lowest BCUT2D eigenvalue weighted by atomic mass is 9.85. The maximum absolute atomic E-state index is 13.6. The molecule has 1 saturated heterocycles. The van der Waals surface area contributed by atoms with Gasteiger partial charge in [-0.2, -0.15) is 0 Å². The van der Waals surface area contributed by atoms with E-state index in [4.69, 9.17) is 4.74 Å². The van der Waals surface area contributed by atoms with Crippen LogP contribution in [0.3, 0.4) is 0 Å². The number of benzene rings is 1. The van der Waals surface area contributed by atoms with Crippen molar-refractivity contribution in [1.29, 1.82) is 0 Å². The second-order valence-corrected chi connectivity index (χ2v) is 11.6. The third-order valence-corrected chi connectivity index (χ3v) is 6.11. The fourth-order valence-electron chi connectivity index (χ4n) is 4.01. The third-order valence-electron chi connectivity index (χ3n) is 5.58. The summed E-state index contributed by atoms with van der Waals surface area (Å²) in [7, 11) is 0. The van der Waals surface area contributed by atoms with Crippen LogP contribution < -0.4 is 5.32 Å². The van der Waals surface area contributed by atoms with E-state index in [1.54, 1.807) is 20.8 Å². The Labute approximate surface area is 204 Å². The van der Waals surface area contributed by atoms with Crippen LogP contribution in [0.2, 0.25) is 0 Å². The molecule has 2 heterocycles. The van der Waals surface area contributed by atoms with Gasteiger partial charge in [0.25, 0.3) is 0 Å². The monoisotopic (exact) mass is 518 g/mol. The summed E-state index contributed by atoms with van der Waals surface area (Å²) in [6, 6.07) is 7.35. The largest absolute Gasteiger partial charge is 0.444 e. The highest BCUT2D eigenvalue weighted by atomic mass is 79.9. The zero-order valence-corrected chi connectivity index (χ0v) is 22.0. The standard InChI is InChI=1S/C25H35BrN4O3/c1-24(2,3)20(29-23(32)33-25(4,5)6)22(31)30-13-7-8-19(30)21-27-15-18(28-21)14-16-9-11-17(26)12-10-16/h9-12,15,19-20H,7-8,13-14H2,1-6H3,(H,27,28)(H,29,32). The molecular formula is C25H35BrN4O3. The van der Waals surface area contributed by atoms with Crippen LogP contribution in [0.25, 0.3) is 0 Å². The number of halogens is 1. The minimum absolute atomic E-state index is 0.110. The first kappa shape index (κ1) is 25.3. The number of aromatic nitrogens is 2. The van der Waals surface area contributed by atoms with Crippen LogP contribution in [0.4, 0.5) is 4.79 Å². The number of aromatic amines is 1. The van der Waals surface area contributed by atoms with Gasteiger partial charge in [0.1, 0.15) is 17.5 Å². The first-order valence-corrected chi connectivity index (χ1v) is 12.2. The zero-order valence-electron chi connectivity index (χ0n) is 20.4. The molecule has 2 aromatic rings. The molecule has 0 aliphatic carbocycles. The summed E-state index contributed by atoms with van der Waals surface area (Å²) in [5.74, 6) is 0.680. The molecule has 1 fully saturated rings. The lowest BCUT2D eigenvalue weighted by Gasteiger charge is -2.35. The van der Waals surface area contributed by atoms with Crippen LogP contribution >= 0.6 is 15.9 Å². The van der Waals surface area contributed by atoms with Gasteiger partial charge in [0.15, 0.2) is 0 Å². The van der Waals surface area contributed by atoms with Gasteiger partial charge >= 0.3 is 6.09 Å². The highest BCUT2D eigenvalue weighted by Gasteiger charge is 2.41. The maximum Gasteiger partial charge on any atom is 0.408 e. The van der Waals surface area contributed by atoms with Gasteiger partial charge in [-0.3, -0.25) is 4.79 Å². The fraction of sp³-hybridized carbons (Fsp3) is 0.560. The molecule has 2 unspecified atom stereocenters. The number of nitrogens with one attached hydrogen (secondary N) is 2. The number of rotatable bonds is 5. The van der Waals surface area contributed by atoms with Crippen LogP contribution in [-0.2, 0) is 16.0 Å². The van der Waals surface area contributed by atoms with E-state index in [0.717, 1.165) is 35.3 Å². The molecule has 0 spiro atoms. The Balaban J connectivity index is 1.74. The number of amides is 2. The lowest BCUT2D eigenvalue weighted by molar-refractivity contribution is -0.137. The highest BCUT2D eigenvalue weighted by molar-refractivity contribution is 9.10. The third kappa shape index (κ3) is 6.82. The fourth-order valence-corrected chi connectivity index (χ4v) is 4.28. The van der Waals surface area contributed by atoms with Gasteiger partial charge in [0.05, 0.1) is 6.04 Å². The molecule has 1 aromatic heterocycles. The first-order valence-electron chi connectivity index (χ1n) is 11.4. The number of alkyl carbamates (subject to hydrolysis) is 1. The number of hydrogen-bond donors (Lipinski definition) is 2. The van der Waals surface area contributed by atoms with E-state index < -0.39 is 23.2 Å². The summed E-state index contributed by atoms with van der Waals surface area (Å²) < 4.78 is 6.46. The maximum atomic E-state index is 13.6. The normalized spacial score (nSPS) is 17.7. The Morgan fingerprint density at radius 2 is 1.88 bits per heavy atom. The molecule has 2 amide bonds. The predicted molar refractivity (Wildman–Crippen MR) is 132 cm³/mol. The minimum atomic E-state index is -0.704. The number of nitrogens with zero attached hydrogens (tertiary/aromatic N) is 2. The highest BCUT2D eigenvalue weighted by Crippen LogP contribution is 2.33. The Hall–Kier alpha value is -2.35. The quantitative estimate of drug-likeness (QED) is 0.557. The van der Waals surface area contributed by atoms with E-state index in [0.29, 0.717) is 6.54 Å². The summed E-state index contributed by atoms with van der Waals surface area (Å²) in [4.78, 5) is 35.9. The van der Waals surface area contributed by atoms with Crippen molar-refractivity contribution in [2.24, 2.45) is 5.41 Å². The van der Waals surface area contributed by atoms with Gasteiger partial charge in [-0.15, -0.1) is 0 Å². The minimum Gasteiger partial charge on any atom is -0.444 e. The molecule has 2 atom stereocenters. The summed E-state index contributed by atoms with van der Waals surface area (Å²) in [6.07, 6.45) is 3.73. The predicted octanol–water partition coefficient (Wildman–Crippen LogP) is 5.37. The van der Waals surface area contributed by atoms with Crippen LogP contribution in [-0.4, -0.2) is 45.1 Å². The molecule has 3 rings (SSSR count). The average molecular weight is 519 g/mol. The summed E-state index contributed by atoms with van der Waals surface area (Å²) in [6.45, 7) is 11.9. The SMILES string of the molecule is CC(C)(C)OC(=O)NC(C(=O)N1CCCC1c1ncc(Cc2ccc(Br)cc2)[nH]1)C(C)(C)C. The molecule has 2 N–H and O–H groups in total. The Kier molecular flexibility index (Phi) is 7.56. The van der Waals surface area contributed by atoms with Crippen LogP contribution in [0, 0.1) is 5.41 Å². The van der Waals surface area contributed by atoms with E-state index in [-0.39, 0.29) is 11.9 Å². The molecule has 7 nitrogen and oxygen atoms in total. The van der Waals surface area contributed by atoms with Crippen molar-refractivity contribution >= 4 is 27.9 Å². The van der Waals surface area contributed by atoms with E-state index in [1.165, 1.54) is 5.56 Å². The van der Waals surface area contributed by atoms with Gasteiger partial charge in [0, 0.05) is 29.3 Å². The smallest absolute Gasteiger partial charge is 0.408 e. The van der Waals surface area contributed by atoms with Gasteiger partial charge in [-0.25, -0.2) is 9.78 Å². The lowest BCUT2D eigenvalue weighted by Crippen LogP contribution is -2.55. The number of ether oxygens (including phenoxy) is 1. The van der Waals surface area contributed by atoms with Gasteiger partial charge in [-0.1, -0.05) is 48.8 Å². The van der Waals surface area contributed by atoms with Crippen molar-refractivity contribution in [3.05, 3.63) is 52.0 Å². The Bertz CT molecular complexity index is 973. The van der Waals surface area contributed by atoms with Gasteiger partial charge < -0.3 is 19.9 Å². The first-order chi connectivity index (χ1) is 15.3. The molecule has 8 heteroatoms. The van der Waals surface area contributed by atoms with Crippen molar-refractivity contribution in [2.75, 3.05) is 6.54 Å². The summed E-state index contributed by atoms with van der Waals surface area (Å²) in [5.41, 5.74) is 1.08. The molecule has 0 radical (unpaired) electrons. The molecule has 33 heavy (non-hydrogen) atoms. The number of hydrogen-bond acceptors (Lipinski definition) is 4. The molecule has 1 aliphatic heterocycles. The molecule has 0 bridgehead atoms. The molecule has 180 valence electrons. The summed E-state index contributed by atoms with van der Waals surface area (Å²) in [5, 5.41) is 2.82. The average Bonchev–Trinajstić information content (AvgIpc) is 3.34. The van der Waals surface area contributed by atoms with Crippen molar-refractivity contribution in [1.82, 2.24) is 20.2 Å². The second kappa shape index (κ2) is 9.87. The molecular weight excluding hydrogens is 484 g/mol. The van der Waals surface area contributed by atoms with E-state index in [9.17, 15) is 9.59 Å². The van der Waals surface area contributed by atoms with Gasteiger partial charge in [-0.05, 0) is 56.7 Å². The zero-order chi connectivity index (χ0) is 24.4. The molecule has 1 aliphatic rings. The number of likely N-dealkylation sites (tertiary alicyclic amines) is 1. The van der Waals surface area contributed by atoms with Gasteiger partial charge in [0.2, 0.25) is 5.91 Å². The van der Waals surface area contributed by atoms with E-state index in [2.05, 4.69) is 43.3 Å². The van der Waals surface area contributed by atoms with Crippen molar-refractivity contribution in [2.45, 2.75) is 78.5 Å².